The lowest BCUT2D eigenvalue weighted by Crippen LogP contribution is -2.38. The molecule has 1 aliphatic heterocycles. The predicted molar refractivity (Wildman–Crippen MR) is 93.2 cm³/mol. The molecular formula is C18H17BrN2O3. The van der Waals surface area contributed by atoms with Gasteiger partial charge in [0.1, 0.15) is 5.69 Å². The summed E-state index contributed by atoms with van der Waals surface area (Å²) >= 11 is 3.59. The number of pyridine rings is 1. The van der Waals surface area contributed by atoms with Gasteiger partial charge >= 0.3 is 5.97 Å². The Morgan fingerprint density at radius 3 is 2.54 bits per heavy atom. The fourth-order valence-corrected chi connectivity index (χ4v) is 3.67. The predicted octanol–water partition coefficient (Wildman–Crippen LogP) is 3.56. The van der Waals surface area contributed by atoms with Gasteiger partial charge in [-0.1, -0.05) is 34.1 Å². The number of nitrogens with zero attached hydrogens (tertiary/aromatic N) is 2. The third kappa shape index (κ3) is 3.48. The molecule has 3 rings (SSSR count). The zero-order chi connectivity index (χ0) is 17.1. The molecule has 1 fully saturated rings. The zero-order valence-electron chi connectivity index (χ0n) is 13.0. The van der Waals surface area contributed by atoms with Crippen molar-refractivity contribution in [3.05, 3.63) is 63.9 Å². The van der Waals surface area contributed by atoms with Crippen LogP contribution in [0, 0.1) is 0 Å². The van der Waals surface area contributed by atoms with E-state index in [1.54, 1.807) is 11.0 Å². The number of halogens is 1. The van der Waals surface area contributed by atoms with Gasteiger partial charge in [0.25, 0.3) is 5.91 Å². The van der Waals surface area contributed by atoms with Gasteiger partial charge in [0.05, 0.1) is 0 Å². The van der Waals surface area contributed by atoms with Gasteiger partial charge in [-0.05, 0) is 42.5 Å². The van der Waals surface area contributed by atoms with Crippen LogP contribution in [0.15, 0.2) is 47.1 Å². The van der Waals surface area contributed by atoms with Crippen molar-refractivity contribution in [2.45, 2.75) is 18.8 Å². The van der Waals surface area contributed by atoms with E-state index in [-0.39, 0.29) is 11.6 Å². The minimum absolute atomic E-state index is 0.107. The van der Waals surface area contributed by atoms with Gasteiger partial charge in [-0.25, -0.2) is 9.78 Å². The molecular weight excluding hydrogens is 372 g/mol. The van der Waals surface area contributed by atoms with Crippen molar-refractivity contribution >= 4 is 27.8 Å². The zero-order valence-corrected chi connectivity index (χ0v) is 14.6. The number of rotatable bonds is 3. The number of carbonyl (C=O) groups excluding carboxylic acids is 1. The molecule has 0 bridgehead atoms. The highest BCUT2D eigenvalue weighted by atomic mass is 79.9. The van der Waals surface area contributed by atoms with E-state index in [0.29, 0.717) is 24.6 Å². The summed E-state index contributed by atoms with van der Waals surface area (Å²) in [5.74, 6) is -0.834. The molecule has 2 aromatic rings. The summed E-state index contributed by atoms with van der Waals surface area (Å²) in [5.41, 5.74) is 1.55. The van der Waals surface area contributed by atoms with Gasteiger partial charge in [0.2, 0.25) is 0 Å². The minimum Gasteiger partial charge on any atom is -0.477 e. The lowest BCUT2D eigenvalue weighted by Gasteiger charge is -2.32. The number of benzene rings is 1. The molecule has 1 saturated heterocycles. The number of hydrogen-bond acceptors (Lipinski definition) is 3. The third-order valence-corrected chi connectivity index (χ3v) is 5.08. The molecule has 0 atom stereocenters. The van der Waals surface area contributed by atoms with Crippen molar-refractivity contribution in [2.75, 3.05) is 13.1 Å². The van der Waals surface area contributed by atoms with Crippen LogP contribution in [0.4, 0.5) is 0 Å². The van der Waals surface area contributed by atoms with Crippen LogP contribution in [0.25, 0.3) is 0 Å². The van der Waals surface area contributed by atoms with E-state index < -0.39 is 5.97 Å². The first-order valence-corrected chi connectivity index (χ1v) is 8.58. The first kappa shape index (κ1) is 16.6. The SMILES string of the molecule is O=C(O)c1cc(C(=O)N2CCC(c3ccccc3Br)CC2)ccn1. The molecule has 6 heteroatoms. The summed E-state index contributed by atoms with van der Waals surface area (Å²) in [4.78, 5) is 29.1. The van der Waals surface area contributed by atoms with Crippen LogP contribution in [-0.2, 0) is 0 Å². The second-order valence-electron chi connectivity index (χ2n) is 5.82. The number of likely N-dealkylation sites (tertiary alicyclic amines) is 1. The van der Waals surface area contributed by atoms with Gasteiger partial charge in [-0.15, -0.1) is 0 Å². The molecule has 1 N–H and O–H groups in total. The van der Waals surface area contributed by atoms with Crippen molar-refractivity contribution in [3.63, 3.8) is 0 Å². The standard InChI is InChI=1S/C18H17BrN2O3/c19-15-4-2-1-3-14(15)12-6-9-21(10-7-12)17(22)13-5-8-20-16(11-13)18(23)24/h1-5,8,11-12H,6-7,9-10H2,(H,23,24). The molecule has 0 spiro atoms. The topological polar surface area (TPSA) is 70.5 Å². The van der Waals surface area contributed by atoms with Crippen LogP contribution in [0.1, 0.15) is 45.2 Å². The molecule has 124 valence electrons. The molecule has 0 aliphatic carbocycles. The number of carbonyl (C=O) groups is 2. The Bertz CT molecular complexity index is 770. The average molecular weight is 389 g/mol. The van der Waals surface area contributed by atoms with Crippen molar-refractivity contribution in [1.82, 2.24) is 9.88 Å². The van der Waals surface area contributed by atoms with E-state index in [9.17, 15) is 9.59 Å². The molecule has 1 aromatic carbocycles. The van der Waals surface area contributed by atoms with E-state index in [1.165, 1.54) is 17.8 Å². The van der Waals surface area contributed by atoms with Crippen molar-refractivity contribution < 1.29 is 14.7 Å². The summed E-state index contributed by atoms with van der Waals surface area (Å²) in [5, 5.41) is 9.00. The average Bonchev–Trinajstić information content (AvgIpc) is 2.62. The second-order valence-corrected chi connectivity index (χ2v) is 6.68. The van der Waals surface area contributed by atoms with Crippen LogP contribution < -0.4 is 0 Å². The van der Waals surface area contributed by atoms with Gasteiger partial charge in [0, 0.05) is 29.3 Å². The van der Waals surface area contributed by atoms with E-state index in [4.69, 9.17) is 5.11 Å². The normalized spacial score (nSPS) is 15.3. The van der Waals surface area contributed by atoms with Gasteiger partial charge in [-0.2, -0.15) is 0 Å². The summed E-state index contributed by atoms with van der Waals surface area (Å²) < 4.78 is 1.11. The summed E-state index contributed by atoms with van der Waals surface area (Å²) in [6.07, 6.45) is 3.15. The Hall–Kier alpha value is -2.21. The number of amides is 1. The molecule has 5 nitrogen and oxygen atoms in total. The van der Waals surface area contributed by atoms with Crippen LogP contribution in [0.2, 0.25) is 0 Å². The lowest BCUT2D eigenvalue weighted by molar-refractivity contribution is 0.0690. The number of piperidine rings is 1. The monoisotopic (exact) mass is 388 g/mol. The maximum Gasteiger partial charge on any atom is 0.354 e. The molecule has 2 heterocycles. The summed E-state index contributed by atoms with van der Waals surface area (Å²) in [6, 6.07) is 11.1. The molecule has 1 aliphatic rings. The van der Waals surface area contributed by atoms with Gasteiger partial charge in [0.15, 0.2) is 0 Å². The molecule has 1 aromatic heterocycles. The number of aromatic nitrogens is 1. The minimum atomic E-state index is -1.13. The molecule has 0 unspecified atom stereocenters. The first-order valence-electron chi connectivity index (χ1n) is 7.79. The van der Waals surface area contributed by atoms with Crippen LogP contribution in [-0.4, -0.2) is 40.0 Å². The van der Waals surface area contributed by atoms with E-state index in [1.807, 2.05) is 18.2 Å². The Morgan fingerprint density at radius 1 is 1.17 bits per heavy atom. The van der Waals surface area contributed by atoms with Crippen LogP contribution >= 0.6 is 15.9 Å². The van der Waals surface area contributed by atoms with Crippen LogP contribution in [0.3, 0.4) is 0 Å². The molecule has 24 heavy (non-hydrogen) atoms. The highest BCUT2D eigenvalue weighted by Crippen LogP contribution is 2.33. The molecule has 0 saturated carbocycles. The van der Waals surface area contributed by atoms with Gasteiger partial charge in [-0.3, -0.25) is 4.79 Å². The van der Waals surface area contributed by atoms with Gasteiger partial charge < -0.3 is 10.0 Å². The lowest BCUT2D eigenvalue weighted by atomic mass is 9.89. The van der Waals surface area contributed by atoms with E-state index >= 15 is 0 Å². The highest BCUT2D eigenvalue weighted by Gasteiger charge is 2.26. The highest BCUT2D eigenvalue weighted by molar-refractivity contribution is 9.10. The largest absolute Gasteiger partial charge is 0.477 e. The maximum absolute atomic E-state index is 12.6. The Morgan fingerprint density at radius 2 is 1.88 bits per heavy atom. The van der Waals surface area contributed by atoms with Crippen molar-refractivity contribution in [3.8, 4) is 0 Å². The number of aromatic carboxylic acids is 1. The molecule has 0 radical (unpaired) electrons. The smallest absolute Gasteiger partial charge is 0.354 e. The number of carboxylic acid groups (broad SMARTS) is 1. The first-order chi connectivity index (χ1) is 11.6. The summed E-state index contributed by atoms with van der Waals surface area (Å²) in [6.45, 7) is 1.32. The second kappa shape index (κ2) is 7.13. The Balaban J connectivity index is 1.68. The fraction of sp³-hybridized carbons (Fsp3) is 0.278. The maximum atomic E-state index is 12.6. The fourth-order valence-electron chi connectivity index (χ4n) is 3.06. The van der Waals surface area contributed by atoms with E-state index in [2.05, 4.69) is 27.0 Å². The van der Waals surface area contributed by atoms with Crippen molar-refractivity contribution in [1.29, 1.82) is 0 Å². The quantitative estimate of drug-likeness (QED) is 0.872. The van der Waals surface area contributed by atoms with Crippen LogP contribution in [0.5, 0.6) is 0 Å². The van der Waals surface area contributed by atoms with Crippen molar-refractivity contribution in [2.24, 2.45) is 0 Å². The van der Waals surface area contributed by atoms with E-state index in [0.717, 1.165) is 17.3 Å². The number of carboxylic acids is 1. The Kier molecular flexibility index (Phi) is 4.94. The summed E-state index contributed by atoms with van der Waals surface area (Å²) in [7, 11) is 0. The Labute approximate surface area is 148 Å². The molecule has 1 amide bonds. The number of hydrogen-bond donors (Lipinski definition) is 1. The third-order valence-electron chi connectivity index (χ3n) is 4.35.